The van der Waals surface area contributed by atoms with Gasteiger partial charge in [0.2, 0.25) is 0 Å². The van der Waals surface area contributed by atoms with Gasteiger partial charge in [-0.05, 0) is 23.1 Å². The molecule has 0 fully saturated rings. The van der Waals surface area contributed by atoms with Crippen molar-refractivity contribution in [3.8, 4) is 0 Å². The first-order valence-corrected chi connectivity index (χ1v) is 7.91. The lowest BCUT2D eigenvalue weighted by Gasteiger charge is -2.16. The fourth-order valence-electron chi connectivity index (χ4n) is 2.03. The van der Waals surface area contributed by atoms with Crippen molar-refractivity contribution >= 4 is 38.0 Å². The van der Waals surface area contributed by atoms with E-state index in [1.165, 1.54) is 11.3 Å². The normalized spacial score (nSPS) is 12.4. The summed E-state index contributed by atoms with van der Waals surface area (Å²) in [5.41, 5.74) is 0.904. The van der Waals surface area contributed by atoms with Crippen molar-refractivity contribution in [2.24, 2.45) is 0 Å². The van der Waals surface area contributed by atoms with Gasteiger partial charge in [0.15, 0.2) is 0 Å². The Balaban J connectivity index is 1.79. The van der Waals surface area contributed by atoms with Crippen LogP contribution in [0.3, 0.4) is 0 Å². The molecule has 20 heavy (non-hydrogen) atoms. The smallest absolute Gasteiger partial charge is 0.261 e. The van der Waals surface area contributed by atoms with E-state index in [1.54, 1.807) is 11.3 Å². The number of hydrogen-bond donors (Lipinski definition) is 2. The van der Waals surface area contributed by atoms with Crippen LogP contribution in [0.25, 0.3) is 9.40 Å². The third-order valence-corrected chi connectivity index (χ3v) is 5.15. The monoisotopic (exact) mass is 303 g/mol. The summed E-state index contributed by atoms with van der Waals surface area (Å²) in [6.07, 6.45) is 0. The SMILES string of the molecule is O=C(N[C@H](CO)c1ccccc1)c1cc2sccc2s1. The van der Waals surface area contributed by atoms with E-state index < -0.39 is 0 Å². The van der Waals surface area contributed by atoms with Gasteiger partial charge < -0.3 is 10.4 Å². The van der Waals surface area contributed by atoms with Gasteiger partial charge in [0, 0.05) is 9.40 Å². The van der Waals surface area contributed by atoms with Crippen LogP contribution in [0.15, 0.2) is 47.8 Å². The molecule has 102 valence electrons. The largest absolute Gasteiger partial charge is 0.394 e. The van der Waals surface area contributed by atoms with E-state index in [0.29, 0.717) is 4.88 Å². The molecule has 5 heteroatoms. The van der Waals surface area contributed by atoms with Crippen molar-refractivity contribution in [3.63, 3.8) is 0 Å². The van der Waals surface area contributed by atoms with Gasteiger partial charge in [-0.25, -0.2) is 0 Å². The fraction of sp³-hybridized carbons (Fsp3) is 0.133. The number of rotatable bonds is 4. The molecule has 0 aliphatic heterocycles. The van der Waals surface area contributed by atoms with E-state index in [9.17, 15) is 9.90 Å². The molecule has 0 unspecified atom stereocenters. The van der Waals surface area contributed by atoms with Crippen LogP contribution in [0.1, 0.15) is 21.3 Å². The fourth-order valence-corrected chi connectivity index (χ4v) is 4.04. The second-order valence-electron chi connectivity index (χ2n) is 4.38. The van der Waals surface area contributed by atoms with Gasteiger partial charge >= 0.3 is 0 Å². The second kappa shape index (κ2) is 5.75. The van der Waals surface area contributed by atoms with Crippen molar-refractivity contribution in [3.05, 3.63) is 58.3 Å². The predicted octanol–water partition coefficient (Wildman–Crippen LogP) is 3.43. The summed E-state index contributed by atoms with van der Waals surface area (Å²) in [6.45, 7) is -0.116. The average molecular weight is 303 g/mol. The van der Waals surface area contributed by atoms with Gasteiger partial charge in [0.1, 0.15) is 0 Å². The lowest BCUT2D eigenvalue weighted by Crippen LogP contribution is -2.30. The summed E-state index contributed by atoms with van der Waals surface area (Å²) in [4.78, 5) is 12.9. The Morgan fingerprint density at radius 2 is 2.00 bits per heavy atom. The quantitative estimate of drug-likeness (QED) is 0.776. The summed E-state index contributed by atoms with van der Waals surface area (Å²) < 4.78 is 2.25. The lowest BCUT2D eigenvalue weighted by molar-refractivity contribution is 0.0920. The first-order valence-electron chi connectivity index (χ1n) is 6.21. The highest BCUT2D eigenvalue weighted by Crippen LogP contribution is 2.30. The molecule has 0 radical (unpaired) electrons. The molecule has 0 spiro atoms. The number of amides is 1. The topological polar surface area (TPSA) is 49.3 Å². The van der Waals surface area contributed by atoms with Crippen molar-refractivity contribution < 1.29 is 9.90 Å². The van der Waals surface area contributed by atoms with Crippen LogP contribution in [-0.2, 0) is 0 Å². The number of aliphatic hydroxyl groups is 1. The molecular weight excluding hydrogens is 290 g/mol. The molecule has 3 aromatic rings. The molecule has 1 aromatic carbocycles. The van der Waals surface area contributed by atoms with Gasteiger partial charge in [0.05, 0.1) is 17.5 Å². The minimum atomic E-state index is -0.371. The zero-order chi connectivity index (χ0) is 13.9. The number of carbonyl (C=O) groups is 1. The van der Waals surface area contributed by atoms with Crippen molar-refractivity contribution in [1.29, 1.82) is 0 Å². The summed E-state index contributed by atoms with van der Waals surface area (Å²) >= 11 is 3.10. The van der Waals surface area contributed by atoms with Crippen molar-refractivity contribution in [1.82, 2.24) is 5.32 Å². The lowest BCUT2D eigenvalue weighted by atomic mass is 10.1. The molecule has 0 aliphatic rings. The highest BCUT2D eigenvalue weighted by Gasteiger charge is 2.16. The zero-order valence-corrected chi connectivity index (χ0v) is 12.2. The zero-order valence-electron chi connectivity index (χ0n) is 10.6. The molecule has 2 heterocycles. The maximum Gasteiger partial charge on any atom is 0.261 e. The maximum absolute atomic E-state index is 12.2. The summed E-state index contributed by atoms with van der Waals surface area (Å²) in [5.74, 6) is -0.138. The highest BCUT2D eigenvalue weighted by molar-refractivity contribution is 7.27. The number of thiophene rings is 2. The maximum atomic E-state index is 12.2. The van der Waals surface area contributed by atoms with E-state index in [-0.39, 0.29) is 18.6 Å². The Hall–Kier alpha value is -1.69. The highest BCUT2D eigenvalue weighted by atomic mass is 32.1. The molecule has 0 bridgehead atoms. The minimum Gasteiger partial charge on any atom is -0.394 e. The van der Waals surface area contributed by atoms with E-state index in [0.717, 1.165) is 15.0 Å². The van der Waals surface area contributed by atoms with Crippen LogP contribution in [0.2, 0.25) is 0 Å². The predicted molar refractivity (Wildman–Crippen MR) is 83.4 cm³/mol. The van der Waals surface area contributed by atoms with Gasteiger partial charge in [-0.2, -0.15) is 0 Å². The summed E-state index contributed by atoms with van der Waals surface area (Å²) in [7, 11) is 0. The van der Waals surface area contributed by atoms with Crippen molar-refractivity contribution in [2.75, 3.05) is 6.61 Å². The molecule has 2 aromatic heterocycles. The van der Waals surface area contributed by atoms with Gasteiger partial charge in [-0.1, -0.05) is 30.3 Å². The average Bonchev–Trinajstić information content (AvgIpc) is 3.06. The van der Waals surface area contributed by atoms with Crippen LogP contribution < -0.4 is 5.32 Å². The minimum absolute atomic E-state index is 0.116. The summed E-state index contributed by atoms with van der Waals surface area (Å²) in [5, 5.41) is 14.4. The third kappa shape index (κ3) is 2.60. The number of nitrogens with one attached hydrogen (secondary N) is 1. The number of hydrogen-bond acceptors (Lipinski definition) is 4. The van der Waals surface area contributed by atoms with Crippen LogP contribution in [-0.4, -0.2) is 17.6 Å². The Morgan fingerprint density at radius 1 is 1.20 bits per heavy atom. The number of carbonyl (C=O) groups excluding carboxylic acids is 1. The summed E-state index contributed by atoms with van der Waals surface area (Å²) in [6, 6.07) is 13.0. The molecule has 0 saturated heterocycles. The van der Waals surface area contributed by atoms with Crippen molar-refractivity contribution in [2.45, 2.75) is 6.04 Å². The standard InChI is InChI=1S/C15H13NO2S2/c17-9-11(10-4-2-1-3-5-10)16-15(18)14-8-13-12(20-14)6-7-19-13/h1-8,11,17H,9H2,(H,16,18)/t11-/m1/s1. The van der Waals surface area contributed by atoms with E-state index in [1.807, 2.05) is 47.8 Å². The number of aliphatic hydroxyl groups excluding tert-OH is 1. The van der Waals surface area contributed by atoms with Crippen LogP contribution in [0.5, 0.6) is 0 Å². The first kappa shape index (κ1) is 13.3. The third-order valence-electron chi connectivity index (χ3n) is 3.05. The molecule has 0 saturated carbocycles. The molecule has 3 nitrogen and oxygen atoms in total. The van der Waals surface area contributed by atoms with Crippen LogP contribution in [0.4, 0.5) is 0 Å². The number of fused-ring (bicyclic) bond motifs is 1. The Morgan fingerprint density at radius 3 is 2.70 bits per heavy atom. The Kier molecular flexibility index (Phi) is 3.82. The van der Waals surface area contributed by atoms with Gasteiger partial charge in [-0.15, -0.1) is 22.7 Å². The number of benzene rings is 1. The molecule has 0 aliphatic carbocycles. The Bertz CT molecular complexity index is 689. The molecule has 3 rings (SSSR count). The van der Waals surface area contributed by atoms with E-state index in [4.69, 9.17) is 0 Å². The molecule has 1 amide bonds. The molecule has 1 atom stereocenters. The first-order chi connectivity index (χ1) is 9.78. The Labute approximate surface area is 124 Å². The van der Waals surface area contributed by atoms with Crippen LogP contribution >= 0.6 is 22.7 Å². The molecule has 2 N–H and O–H groups in total. The second-order valence-corrected chi connectivity index (χ2v) is 6.41. The van der Waals surface area contributed by atoms with Crippen LogP contribution in [0, 0.1) is 0 Å². The van der Waals surface area contributed by atoms with E-state index >= 15 is 0 Å². The van der Waals surface area contributed by atoms with Gasteiger partial charge in [0.25, 0.3) is 5.91 Å². The van der Waals surface area contributed by atoms with Gasteiger partial charge in [-0.3, -0.25) is 4.79 Å². The van der Waals surface area contributed by atoms with E-state index in [2.05, 4.69) is 5.32 Å². The molecular formula is C15H13NO2S2.